The monoisotopic (exact) mass is 373 g/mol. The van der Waals surface area contributed by atoms with Crippen LogP contribution < -0.4 is 15.9 Å². The average Bonchev–Trinajstić information content (AvgIpc) is 2.74. The molecule has 1 aliphatic heterocycles. The lowest BCUT2D eigenvalue weighted by molar-refractivity contribution is 0.0811. The lowest BCUT2D eigenvalue weighted by Gasteiger charge is -2.32. The summed E-state index contributed by atoms with van der Waals surface area (Å²) in [6.07, 6.45) is 4.53. The topological polar surface area (TPSA) is 9.23 Å². The maximum absolute atomic E-state index is 6.22. The summed E-state index contributed by atoms with van der Waals surface area (Å²) >= 11 is 0. The van der Waals surface area contributed by atoms with Crippen molar-refractivity contribution in [2.24, 2.45) is 0 Å². The Labute approximate surface area is 163 Å². The molecule has 0 saturated carbocycles. The summed E-state index contributed by atoms with van der Waals surface area (Å²) in [5, 5.41) is 4.29. The second-order valence-electron chi connectivity index (χ2n) is 7.21. The van der Waals surface area contributed by atoms with Crippen LogP contribution in [-0.4, -0.2) is 18.9 Å². The Bertz CT molecular complexity index is 791. The van der Waals surface area contributed by atoms with Gasteiger partial charge < -0.3 is 4.74 Å². The second-order valence-corrected chi connectivity index (χ2v) is 10.7. The van der Waals surface area contributed by atoms with Gasteiger partial charge in [0, 0.05) is 0 Å². The molecular formula is C25H26OP+. The summed E-state index contributed by atoms with van der Waals surface area (Å²) in [4.78, 5) is 0. The maximum Gasteiger partial charge on any atom is 0.114 e. The Morgan fingerprint density at radius 2 is 1.19 bits per heavy atom. The zero-order chi connectivity index (χ0) is 18.5. The van der Waals surface area contributed by atoms with Crippen molar-refractivity contribution in [2.45, 2.75) is 19.4 Å². The molecule has 3 aromatic carbocycles. The second kappa shape index (κ2) is 8.21. The highest BCUT2D eigenvalue weighted by molar-refractivity contribution is 7.95. The van der Waals surface area contributed by atoms with Crippen molar-refractivity contribution in [1.29, 1.82) is 0 Å². The van der Waals surface area contributed by atoms with Gasteiger partial charge in [0.1, 0.15) is 29.3 Å². The smallest absolute Gasteiger partial charge is 0.114 e. The lowest BCUT2D eigenvalue weighted by Crippen LogP contribution is -2.38. The lowest BCUT2D eigenvalue weighted by atomic mass is 10.1. The van der Waals surface area contributed by atoms with Crippen LogP contribution in [0.1, 0.15) is 13.3 Å². The molecular weight excluding hydrogens is 347 g/mol. The number of hydrogen-bond donors (Lipinski definition) is 0. The van der Waals surface area contributed by atoms with E-state index in [1.165, 1.54) is 21.5 Å². The fourth-order valence-corrected chi connectivity index (χ4v) is 8.48. The molecule has 27 heavy (non-hydrogen) atoms. The molecule has 0 aliphatic carbocycles. The molecule has 1 aliphatic rings. The Kier molecular flexibility index (Phi) is 5.53. The van der Waals surface area contributed by atoms with Gasteiger partial charge in [-0.05, 0) is 49.7 Å². The van der Waals surface area contributed by atoms with Crippen LogP contribution in [-0.2, 0) is 4.74 Å². The molecule has 0 saturated heterocycles. The summed E-state index contributed by atoms with van der Waals surface area (Å²) in [6.45, 7) is 2.96. The van der Waals surface area contributed by atoms with Crippen molar-refractivity contribution in [3.63, 3.8) is 0 Å². The number of benzene rings is 3. The van der Waals surface area contributed by atoms with Crippen LogP contribution in [0.2, 0.25) is 0 Å². The van der Waals surface area contributed by atoms with Crippen LogP contribution in [0.5, 0.6) is 0 Å². The average molecular weight is 373 g/mol. The number of ether oxygens (including phenoxy) is 1. The molecule has 0 fully saturated rings. The molecule has 0 spiro atoms. The molecule has 3 aromatic rings. The quantitative estimate of drug-likeness (QED) is 0.465. The fourth-order valence-electron chi connectivity index (χ4n) is 4.06. The Morgan fingerprint density at radius 3 is 1.59 bits per heavy atom. The molecule has 0 radical (unpaired) electrons. The molecule has 0 aromatic heterocycles. The first-order valence-corrected chi connectivity index (χ1v) is 11.6. The summed E-state index contributed by atoms with van der Waals surface area (Å²) in [7, 11) is -1.80. The van der Waals surface area contributed by atoms with Gasteiger partial charge in [0.2, 0.25) is 0 Å². The molecule has 1 atom stereocenters. The predicted molar refractivity (Wildman–Crippen MR) is 118 cm³/mol. The van der Waals surface area contributed by atoms with E-state index in [0.717, 1.165) is 19.2 Å². The maximum atomic E-state index is 6.22. The first-order valence-electron chi connectivity index (χ1n) is 9.61. The zero-order valence-electron chi connectivity index (χ0n) is 15.8. The number of rotatable bonds is 5. The van der Waals surface area contributed by atoms with Crippen molar-refractivity contribution in [1.82, 2.24) is 0 Å². The minimum Gasteiger partial charge on any atom is -0.370 e. The summed E-state index contributed by atoms with van der Waals surface area (Å²) < 4.78 is 6.22. The van der Waals surface area contributed by atoms with Gasteiger partial charge in [0.05, 0.1) is 12.7 Å². The van der Waals surface area contributed by atoms with Crippen LogP contribution >= 0.6 is 7.26 Å². The van der Waals surface area contributed by atoms with E-state index in [1.807, 2.05) is 0 Å². The molecule has 0 unspecified atom stereocenters. The van der Waals surface area contributed by atoms with Crippen molar-refractivity contribution in [3.05, 3.63) is 103 Å². The van der Waals surface area contributed by atoms with Gasteiger partial charge >= 0.3 is 0 Å². The third-order valence-corrected chi connectivity index (χ3v) is 9.88. The van der Waals surface area contributed by atoms with Gasteiger partial charge in [-0.25, -0.2) is 0 Å². The van der Waals surface area contributed by atoms with E-state index in [4.69, 9.17) is 4.74 Å². The van der Waals surface area contributed by atoms with Crippen molar-refractivity contribution < 1.29 is 4.74 Å². The predicted octanol–water partition coefficient (Wildman–Crippen LogP) is 4.72. The minimum atomic E-state index is -1.80. The molecule has 2 heteroatoms. The third kappa shape index (κ3) is 3.76. The molecule has 0 amide bonds. The molecule has 0 bridgehead atoms. The van der Waals surface area contributed by atoms with Crippen LogP contribution in [0.3, 0.4) is 0 Å². The van der Waals surface area contributed by atoms with E-state index in [2.05, 4.69) is 104 Å². The van der Waals surface area contributed by atoms with Gasteiger partial charge in [-0.15, -0.1) is 0 Å². The van der Waals surface area contributed by atoms with E-state index >= 15 is 0 Å². The highest BCUT2D eigenvalue weighted by Gasteiger charge is 2.47. The summed E-state index contributed by atoms with van der Waals surface area (Å²) in [5.41, 5.74) is 1.44. The minimum absolute atomic E-state index is 0.254. The fraction of sp³-hybridized carbons (Fsp3) is 0.200. The Balaban J connectivity index is 1.90. The van der Waals surface area contributed by atoms with Gasteiger partial charge in [-0.3, -0.25) is 0 Å². The zero-order valence-corrected chi connectivity index (χ0v) is 16.7. The first-order chi connectivity index (χ1) is 13.3. The molecule has 1 nitrogen and oxygen atoms in total. The molecule has 0 N–H and O–H groups in total. The van der Waals surface area contributed by atoms with Gasteiger partial charge in [-0.2, -0.15) is 0 Å². The van der Waals surface area contributed by atoms with E-state index in [0.29, 0.717) is 0 Å². The van der Waals surface area contributed by atoms with Crippen molar-refractivity contribution in [3.8, 4) is 0 Å². The van der Waals surface area contributed by atoms with Crippen LogP contribution in [0.15, 0.2) is 103 Å². The Hall–Kier alpha value is -2.21. The molecule has 136 valence electrons. The molecule has 4 rings (SSSR count). The standard InChI is InChI=1S/C25H26OP/c1-21-17-18-26-22(19-21)20-27(23-11-5-2-6-12-23,24-13-7-3-8-14-24)25-15-9-4-10-16-25/h2-17,22H,18-20H2,1H3/q+1/t22-/m0/s1. The molecule has 1 heterocycles. The van der Waals surface area contributed by atoms with Crippen LogP contribution in [0.25, 0.3) is 0 Å². The van der Waals surface area contributed by atoms with E-state index < -0.39 is 7.26 Å². The Morgan fingerprint density at radius 1 is 0.741 bits per heavy atom. The normalized spacial score (nSPS) is 17.4. The van der Waals surface area contributed by atoms with Gasteiger partial charge in [0.15, 0.2) is 0 Å². The van der Waals surface area contributed by atoms with Crippen LogP contribution in [0, 0.1) is 0 Å². The number of hydrogen-bond acceptors (Lipinski definition) is 1. The first kappa shape index (κ1) is 18.2. The highest BCUT2D eigenvalue weighted by Crippen LogP contribution is 2.56. The van der Waals surface area contributed by atoms with Crippen molar-refractivity contribution >= 4 is 23.2 Å². The summed E-state index contributed by atoms with van der Waals surface area (Å²) in [5.74, 6) is 0. The third-order valence-electron chi connectivity index (χ3n) is 5.38. The summed E-state index contributed by atoms with van der Waals surface area (Å²) in [6, 6.07) is 33.2. The van der Waals surface area contributed by atoms with Gasteiger partial charge in [-0.1, -0.05) is 66.2 Å². The van der Waals surface area contributed by atoms with Crippen LogP contribution in [0.4, 0.5) is 0 Å². The SMILES string of the molecule is CC1=CCO[C@H](C[P+](c2ccccc2)(c2ccccc2)c2ccccc2)C1. The highest BCUT2D eigenvalue weighted by atomic mass is 31.2. The van der Waals surface area contributed by atoms with E-state index in [-0.39, 0.29) is 6.10 Å². The van der Waals surface area contributed by atoms with Crippen molar-refractivity contribution in [2.75, 3.05) is 12.8 Å². The van der Waals surface area contributed by atoms with E-state index in [1.54, 1.807) is 0 Å². The van der Waals surface area contributed by atoms with Gasteiger partial charge in [0.25, 0.3) is 0 Å². The largest absolute Gasteiger partial charge is 0.370 e. The van der Waals surface area contributed by atoms with E-state index in [9.17, 15) is 0 Å².